The van der Waals surface area contributed by atoms with Gasteiger partial charge >= 0.3 is 0 Å². The van der Waals surface area contributed by atoms with Crippen LogP contribution in [0.1, 0.15) is 37.0 Å². The standard InChI is InChI=1S/C13H22N4O/c1-3-13(4-2,8-14)9-17-12-10(11(15)18)6-5-7-16-12/h5-7H,3-4,8-9,14H2,1-2H3,(H2,15,18)(H,16,17). The van der Waals surface area contributed by atoms with Crippen LogP contribution in [-0.2, 0) is 0 Å². The van der Waals surface area contributed by atoms with E-state index in [2.05, 4.69) is 24.1 Å². The summed E-state index contributed by atoms with van der Waals surface area (Å²) >= 11 is 0. The van der Waals surface area contributed by atoms with E-state index in [4.69, 9.17) is 11.5 Å². The first-order valence-corrected chi connectivity index (χ1v) is 6.27. The molecule has 0 saturated carbocycles. The summed E-state index contributed by atoms with van der Waals surface area (Å²) in [4.78, 5) is 15.4. The molecule has 0 unspecified atom stereocenters. The van der Waals surface area contributed by atoms with Crippen LogP contribution in [0, 0.1) is 5.41 Å². The zero-order valence-corrected chi connectivity index (χ0v) is 11.1. The van der Waals surface area contributed by atoms with Gasteiger partial charge in [-0.05, 0) is 36.9 Å². The number of nitrogens with one attached hydrogen (secondary N) is 1. The lowest BCUT2D eigenvalue weighted by Gasteiger charge is -2.30. The Morgan fingerprint density at radius 3 is 2.61 bits per heavy atom. The largest absolute Gasteiger partial charge is 0.369 e. The van der Waals surface area contributed by atoms with E-state index >= 15 is 0 Å². The molecule has 0 aliphatic carbocycles. The zero-order valence-electron chi connectivity index (χ0n) is 11.1. The monoisotopic (exact) mass is 250 g/mol. The molecule has 100 valence electrons. The van der Waals surface area contributed by atoms with Gasteiger partial charge in [-0.1, -0.05) is 13.8 Å². The molecule has 0 spiro atoms. The van der Waals surface area contributed by atoms with Gasteiger partial charge in [-0.15, -0.1) is 0 Å². The highest BCUT2D eigenvalue weighted by Crippen LogP contribution is 2.25. The molecule has 0 fully saturated rings. The highest BCUT2D eigenvalue weighted by molar-refractivity contribution is 5.97. The number of carbonyl (C=O) groups excluding carboxylic acids is 1. The van der Waals surface area contributed by atoms with Crippen LogP contribution in [0.4, 0.5) is 5.82 Å². The second kappa shape index (κ2) is 6.35. The van der Waals surface area contributed by atoms with E-state index in [1.165, 1.54) is 0 Å². The van der Waals surface area contributed by atoms with Crippen LogP contribution in [0.3, 0.4) is 0 Å². The number of nitrogens with two attached hydrogens (primary N) is 2. The molecule has 0 atom stereocenters. The fraction of sp³-hybridized carbons (Fsp3) is 0.538. The SMILES string of the molecule is CCC(CC)(CN)CNc1ncccc1C(N)=O. The summed E-state index contributed by atoms with van der Waals surface area (Å²) in [6, 6.07) is 3.36. The minimum atomic E-state index is -0.475. The first-order valence-electron chi connectivity index (χ1n) is 6.27. The molecular weight excluding hydrogens is 228 g/mol. The predicted octanol–water partition coefficient (Wildman–Crippen LogP) is 1.36. The zero-order chi connectivity index (χ0) is 13.6. The third-order valence-corrected chi connectivity index (χ3v) is 3.64. The quantitative estimate of drug-likeness (QED) is 0.681. The van der Waals surface area contributed by atoms with Crippen molar-refractivity contribution in [3.05, 3.63) is 23.9 Å². The first-order chi connectivity index (χ1) is 8.58. The summed E-state index contributed by atoms with van der Waals surface area (Å²) < 4.78 is 0. The molecule has 1 amide bonds. The van der Waals surface area contributed by atoms with E-state index < -0.39 is 5.91 Å². The van der Waals surface area contributed by atoms with Gasteiger partial charge in [0.2, 0.25) is 0 Å². The fourth-order valence-corrected chi connectivity index (χ4v) is 1.88. The van der Waals surface area contributed by atoms with Crippen LogP contribution in [0.15, 0.2) is 18.3 Å². The number of aromatic nitrogens is 1. The van der Waals surface area contributed by atoms with Crippen molar-refractivity contribution >= 4 is 11.7 Å². The average molecular weight is 250 g/mol. The Hall–Kier alpha value is -1.62. The Labute approximate surface area is 108 Å². The van der Waals surface area contributed by atoms with Gasteiger partial charge in [0.1, 0.15) is 5.82 Å². The smallest absolute Gasteiger partial charge is 0.252 e. The maximum Gasteiger partial charge on any atom is 0.252 e. The fourth-order valence-electron chi connectivity index (χ4n) is 1.88. The van der Waals surface area contributed by atoms with Crippen molar-refractivity contribution in [3.8, 4) is 0 Å². The van der Waals surface area contributed by atoms with E-state index in [0.29, 0.717) is 24.5 Å². The number of amides is 1. The maximum absolute atomic E-state index is 11.3. The Balaban J connectivity index is 2.83. The van der Waals surface area contributed by atoms with E-state index in [-0.39, 0.29) is 5.41 Å². The highest BCUT2D eigenvalue weighted by Gasteiger charge is 2.24. The number of primary amides is 1. The summed E-state index contributed by atoms with van der Waals surface area (Å²) in [5.41, 5.74) is 11.6. The number of carbonyl (C=O) groups is 1. The van der Waals surface area contributed by atoms with Crippen LogP contribution in [-0.4, -0.2) is 24.0 Å². The molecule has 1 aromatic rings. The number of hydrogen-bond acceptors (Lipinski definition) is 4. The van der Waals surface area contributed by atoms with Gasteiger partial charge in [-0.2, -0.15) is 0 Å². The topological polar surface area (TPSA) is 94.0 Å². The van der Waals surface area contributed by atoms with E-state index in [9.17, 15) is 4.79 Å². The Morgan fingerprint density at radius 1 is 1.44 bits per heavy atom. The highest BCUT2D eigenvalue weighted by atomic mass is 16.1. The molecule has 1 aromatic heterocycles. The second-order valence-electron chi connectivity index (χ2n) is 4.53. The number of anilines is 1. The number of rotatable bonds is 7. The van der Waals surface area contributed by atoms with Gasteiger partial charge in [0.15, 0.2) is 0 Å². The van der Waals surface area contributed by atoms with Crippen molar-refractivity contribution in [2.45, 2.75) is 26.7 Å². The van der Waals surface area contributed by atoms with E-state index in [1.807, 2.05) is 0 Å². The molecule has 5 N–H and O–H groups in total. The van der Waals surface area contributed by atoms with Crippen molar-refractivity contribution in [2.24, 2.45) is 16.9 Å². The first kappa shape index (κ1) is 14.4. The number of hydrogen-bond donors (Lipinski definition) is 3. The number of pyridine rings is 1. The third kappa shape index (κ3) is 3.20. The molecule has 0 aliphatic heterocycles. The average Bonchev–Trinajstić information content (AvgIpc) is 2.41. The van der Waals surface area contributed by atoms with Crippen LogP contribution < -0.4 is 16.8 Å². The lowest BCUT2D eigenvalue weighted by Crippen LogP contribution is -2.36. The van der Waals surface area contributed by atoms with Gasteiger partial charge < -0.3 is 16.8 Å². The Bertz CT molecular complexity index is 393. The van der Waals surface area contributed by atoms with Crippen molar-refractivity contribution in [2.75, 3.05) is 18.4 Å². The minimum absolute atomic E-state index is 0.0342. The summed E-state index contributed by atoms with van der Waals surface area (Å²) in [7, 11) is 0. The van der Waals surface area contributed by atoms with Crippen molar-refractivity contribution in [1.29, 1.82) is 0 Å². The normalized spacial score (nSPS) is 11.3. The van der Waals surface area contributed by atoms with Crippen molar-refractivity contribution in [3.63, 3.8) is 0 Å². The van der Waals surface area contributed by atoms with Gasteiger partial charge in [0.25, 0.3) is 5.91 Å². The molecule has 0 bridgehead atoms. The number of nitrogens with zero attached hydrogens (tertiary/aromatic N) is 1. The maximum atomic E-state index is 11.3. The van der Waals surface area contributed by atoms with Crippen LogP contribution in [0.25, 0.3) is 0 Å². The summed E-state index contributed by atoms with van der Waals surface area (Å²) in [6.45, 7) is 5.52. The Kier molecular flexibility index (Phi) is 5.09. The molecule has 5 nitrogen and oxygen atoms in total. The Morgan fingerprint density at radius 2 is 2.11 bits per heavy atom. The predicted molar refractivity (Wildman–Crippen MR) is 73.3 cm³/mol. The molecule has 0 saturated heterocycles. The van der Waals surface area contributed by atoms with Gasteiger partial charge in [-0.25, -0.2) is 4.98 Å². The molecule has 1 rings (SSSR count). The van der Waals surface area contributed by atoms with Crippen LogP contribution in [0.5, 0.6) is 0 Å². The summed E-state index contributed by atoms with van der Waals surface area (Å²) in [6.07, 6.45) is 3.59. The molecule has 1 heterocycles. The van der Waals surface area contributed by atoms with Gasteiger partial charge in [0.05, 0.1) is 5.56 Å². The lowest BCUT2D eigenvalue weighted by molar-refractivity contribution is 0.100. The van der Waals surface area contributed by atoms with Crippen molar-refractivity contribution in [1.82, 2.24) is 4.98 Å². The molecule has 0 aliphatic rings. The van der Waals surface area contributed by atoms with Gasteiger partial charge in [0, 0.05) is 12.7 Å². The van der Waals surface area contributed by atoms with Crippen molar-refractivity contribution < 1.29 is 4.79 Å². The van der Waals surface area contributed by atoms with Gasteiger partial charge in [-0.3, -0.25) is 4.79 Å². The van der Waals surface area contributed by atoms with E-state index in [1.54, 1.807) is 18.3 Å². The van der Waals surface area contributed by atoms with Crippen LogP contribution in [0.2, 0.25) is 0 Å². The molecule has 0 radical (unpaired) electrons. The molecule has 0 aromatic carbocycles. The molecule has 5 heteroatoms. The second-order valence-corrected chi connectivity index (χ2v) is 4.53. The third-order valence-electron chi connectivity index (χ3n) is 3.64. The minimum Gasteiger partial charge on any atom is -0.369 e. The summed E-state index contributed by atoms with van der Waals surface area (Å²) in [5, 5.41) is 3.20. The molecule has 18 heavy (non-hydrogen) atoms. The lowest BCUT2D eigenvalue weighted by atomic mass is 9.82. The van der Waals surface area contributed by atoms with Crippen LogP contribution >= 0.6 is 0 Å². The molecular formula is C13H22N4O. The van der Waals surface area contributed by atoms with E-state index in [0.717, 1.165) is 12.8 Å². The summed E-state index contributed by atoms with van der Waals surface area (Å²) in [5.74, 6) is 0.0571.